The molecule has 0 spiro atoms. The zero-order valence-electron chi connectivity index (χ0n) is 16.1. The zero-order valence-corrected chi connectivity index (χ0v) is 17.7. The molecule has 0 bridgehead atoms. The van der Waals surface area contributed by atoms with Crippen LogP contribution in [-0.2, 0) is 0 Å². The van der Waals surface area contributed by atoms with Gasteiger partial charge in [-0.1, -0.05) is 48.5 Å². The highest BCUT2D eigenvalue weighted by molar-refractivity contribution is 7.36. The Morgan fingerprint density at radius 2 is 0.867 bits per heavy atom. The van der Waals surface area contributed by atoms with E-state index < -0.39 is 0 Å². The minimum absolute atomic E-state index is 1.11. The molecular weight excluding hydrogens is 404 g/mol. The number of hydrogen-bond donors (Lipinski definition) is 2. The smallest absolute Gasteiger partial charge is 0.0542 e. The van der Waals surface area contributed by atoms with E-state index in [2.05, 4.69) is 95.6 Å². The molecular formula is C26H18N2S2. The average molecular weight is 423 g/mol. The molecule has 2 aromatic heterocycles. The molecule has 6 rings (SSSR count). The van der Waals surface area contributed by atoms with E-state index in [1.165, 1.54) is 29.6 Å². The van der Waals surface area contributed by atoms with Crippen molar-refractivity contribution in [1.29, 1.82) is 0 Å². The van der Waals surface area contributed by atoms with E-state index in [1.54, 1.807) is 0 Å². The SMILES string of the molecule is c1ccc(Nc2ccc3c(c2)sc2c4ccc(Nc5ccccc5)cc4sc32)cc1. The van der Waals surface area contributed by atoms with Gasteiger partial charge in [0.05, 0.1) is 9.40 Å². The van der Waals surface area contributed by atoms with Gasteiger partial charge < -0.3 is 10.6 Å². The third-order valence-corrected chi connectivity index (χ3v) is 7.71. The van der Waals surface area contributed by atoms with Crippen molar-refractivity contribution in [3.8, 4) is 0 Å². The highest BCUT2D eigenvalue weighted by Crippen LogP contribution is 2.45. The molecule has 0 saturated carbocycles. The van der Waals surface area contributed by atoms with E-state index in [-0.39, 0.29) is 0 Å². The summed E-state index contributed by atoms with van der Waals surface area (Å²) < 4.78 is 5.41. The second kappa shape index (κ2) is 7.17. The molecule has 0 fully saturated rings. The van der Waals surface area contributed by atoms with Crippen LogP contribution in [0.5, 0.6) is 0 Å². The molecule has 0 aliphatic carbocycles. The highest BCUT2D eigenvalue weighted by atomic mass is 32.1. The van der Waals surface area contributed by atoms with Crippen LogP contribution < -0.4 is 10.6 Å². The standard InChI is InChI=1S/C26H18N2S2/c1-3-7-17(8-4-1)27-19-11-13-21-23(15-19)29-26-22-14-12-20(16-24(22)30-25(21)26)28-18-9-5-2-6-10-18/h1-16,27-28H. The number of thiophene rings is 2. The predicted octanol–water partition coefficient (Wildman–Crippen LogP) is 8.76. The van der Waals surface area contributed by atoms with Crippen molar-refractivity contribution >= 4 is 75.0 Å². The first kappa shape index (κ1) is 17.5. The van der Waals surface area contributed by atoms with Crippen LogP contribution in [0.15, 0.2) is 97.1 Å². The van der Waals surface area contributed by atoms with Gasteiger partial charge in [-0.2, -0.15) is 0 Å². The molecule has 2 nitrogen and oxygen atoms in total. The number of para-hydroxylation sites is 2. The lowest BCUT2D eigenvalue weighted by atomic mass is 10.2. The van der Waals surface area contributed by atoms with E-state index in [0.717, 1.165) is 22.7 Å². The second-order valence-electron chi connectivity index (χ2n) is 7.27. The minimum Gasteiger partial charge on any atom is -0.355 e. The maximum Gasteiger partial charge on any atom is 0.0542 e. The maximum atomic E-state index is 3.50. The average Bonchev–Trinajstić information content (AvgIpc) is 3.30. The highest BCUT2D eigenvalue weighted by Gasteiger charge is 2.13. The van der Waals surface area contributed by atoms with Crippen LogP contribution in [0.4, 0.5) is 22.7 Å². The molecule has 0 aliphatic heterocycles. The molecule has 2 N–H and O–H groups in total. The molecule has 6 aromatic rings. The number of fused-ring (bicyclic) bond motifs is 5. The summed E-state index contributed by atoms with van der Waals surface area (Å²) in [5.41, 5.74) is 4.47. The monoisotopic (exact) mass is 422 g/mol. The van der Waals surface area contributed by atoms with Crippen LogP contribution in [0.3, 0.4) is 0 Å². The molecule has 4 aromatic carbocycles. The first-order valence-corrected chi connectivity index (χ1v) is 11.5. The third-order valence-electron chi connectivity index (χ3n) is 5.21. The number of hydrogen-bond acceptors (Lipinski definition) is 4. The number of nitrogens with one attached hydrogen (secondary N) is 2. The first-order chi connectivity index (χ1) is 14.8. The van der Waals surface area contributed by atoms with Gasteiger partial charge in [0.1, 0.15) is 0 Å². The van der Waals surface area contributed by atoms with E-state index in [4.69, 9.17) is 0 Å². The largest absolute Gasteiger partial charge is 0.355 e. The fourth-order valence-corrected chi connectivity index (χ4v) is 6.52. The summed E-state index contributed by atoms with van der Waals surface area (Å²) in [6.45, 7) is 0. The number of anilines is 4. The van der Waals surface area contributed by atoms with Gasteiger partial charge in [-0.15, -0.1) is 22.7 Å². The van der Waals surface area contributed by atoms with Crippen LogP contribution in [0.2, 0.25) is 0 Å². The van der Waals surface area contributed by atoms with Crippen molar-refractivity contribution in [2.45, 2.75) is 0 Å². The van der Waals surface area contributed by atoms with Crippen LogP contribution in [0, 0.1) is 0 Å². The fraction of sp³-hybridized carbons (Fsp3) is 0. The lowest BCUT2D eigenvalue weighted by molar-refractivity contribution is 1.57. The lowest BCUT2D eigenvalue weighted by Gasteiger charge is -2.06. The van der Waals surface area contributed by atoms with E-state index in [9.17, 15) is 0 Å². The Hall–Kier alpha value is -3.34. The van der Waals surface area contributed by atoms with Gasteiger partial charge in [0.25, 0.3) is 0 Å². The van der Waals surface area contributed by atoms with Crippen LogP contribution in [-0.4, -0.2) is 0 Å². The van der Waals surface area contributed by atoms with Crippen molar-refractivity contribution in [1.82, 2.24) is 0 Å². The Morgan fingerprint density at radius 3 is 1.30 bits per heavy atom. The molecule has 0 unspecified atom stereocenters. The number of rotatable bonds is 4. The molecule has 4 heteroatoms. The summed E-state index contributed by atoms with van der Waals surface area (Å²) in [5, 5.41) is 9.68. The summed E-state index contributed by atoms with van der Waals surface area (Å²) in [7, 11) is 0. The van der Waals surface area contributed by atoms with Gasteiger partial charge in [0.15, 0.2) is 0 Å². The Morgan fingerprint density at radius 1 is 0.433 bits per heavy atom. The normalized spacial score (nSPS) is 11.3. The van der Waals surface area contributed by atoms with Crippen molar-refractivity contribution < 1.29 is 0 Å². The van der Waals surface area contributed by atoms with Gasteiger partial charge in [-0.05, 0) is 48.5 Å². The Labute approximate surface area is 182 Å². The molecule has 0 atom stereocenters. The van der Waals surface area contributed by atoms with Gasteiger partial charge in [0, 0.05) is 42.9 Å². The Kier molecular flexibility index (Phi) is 4.18. The molecule has 30 heavy (non-hydrogen) atoms. The lowest BCUT2D eigenvalue weighted by Crippen LogP contribution is -1.88. The molecule has 0 saturated heterocycles. The summed E-state index contributed by atoms with van der Waals surface area (Å²) in [6.07, 6.45) is 0. The summed E-state index contributed by atoms with van der Waals surface area (Å²) in [6, 6.07) is 34.0. The van der Waals surface area contributed by atoms with E-state index in [1.807, 2.05) is 34.8 Å². The zero-order chi connectivity index (χ0) is 19.9. The third kappa shape index (κ3) is 3.11. The second-order valence-corrected chi connectivity index (χ2v) is 9.37. The van der Waals surface area contributed by atoms with E-state index >= 15 is 0 Å². The van der Waals surface area contributed by atoms with Crippen LogP contribution >= 0.6 is 22.7 Å². The van der Waals surface area contributed by atoms with Crippen molar-refractivity contribution in [3.63, 3.8) is 0 Å². The summed E-state index contributed by atoms with van der Waals surface area (Å²) >= 11 is 3.76. The molecule has 0 amide bonds. The topological polar surface area (TPSA) is 24.1 Å². The maximum absolute atomic E-state index is 3.50. The minimum atomic E-state index is 1.11. The summed E-state index contributed by atoms with van der Waals surface area (Å²) in [4.78, 5) is 0. The van der Waals surface area contributed by atoms with Crippen molar-refractivity contribution in [3.05, 3.63) is 97.1 Å². The summed E-state index contributed by atoms with van der Waals surface area (Å²) in [5.74, 6) is 0. The molecule has 0 radical (unpaired) electrons. The molecule has 2 heterocycles. The van der Waals surface area contributed by atoms with Crippen LogP contribution in [0.25, 0.3) is 29.6 Å². The van der Waals surface area contributed by atoms with Gasteiger partial charge >= 0.3 is 0 Å². The quantitative estimate of drug-likeness (QED) is 0.297. The van der Waals surface area contributed by atoms with E-state index in [0.29, 0.717) is 0 Å². The Bertz CT molecular complexity index is 1370. The van der Waals surface area contributed by atoms with Gasteiger partial charge in [-0.3, -0.25) is 0 Å². The van der Waals surface area contributed by atoms with Crippen LogP contribution in [0.1, 0.15) is 0 Å². The van der Waals surface area contributed by atoms with Gasteiger partial charge in [0.2, 0.25) is 0 Å². The van der Waals surface area contributed by atoms with Crippen molar-refractivity contribution in [2.75, 3.05) is 10.6 Å². The molecule has 0 aliphatic rings. The molecule has 144 valence electrons. The van der Waals surface area contributed by atoms with Gasteiger partial charge in [-0.25, -0.2) is 0 Å². The number of benzene rings is 4. The van der Waals surface area contributed by atoms with Crippen molar-refractivity contribution in [2.24, 2.45) is 0 Å². The fourth-order valence-electron chi connectivity index (χ4n) is 3.79. The Balaban J connectivity index is 1.38. The first-order valence-electron chi connectivity index (χ1n) is 9.86. The predicted molar refractivity (Wildman–Crippen MR) is 134 cm³/mol.